The molecule has 0 unspecified atom stereocenters. The van der Waals surface area contributed by atoms with E-state index in [2.05, 4.69) is 57.8 Å². The minimum atomic E-state index is -1.72. The quantitative estimate of drug-likeness (QED) is 0.624. The third-order valence-electron chi connectivity index (χ3n) is 4.06. The molecule has 1 rings (SSSR count). The molecule has 0 aliphatic heterocycles. The van der Waals surface area contributed by atoms with Gasteiger partial charge in [-0.15, -0.1) is 0 Å². The van der Waals surface area contributed by atoms with E-state index in [0.717, 1.165) is 6.42 Å². The summed E-state index contributed by atoms with van der Waals surface area (Å²) < 4.78 is 6.48. The normalized spacial score (nSPS) is 15.4. The second kappa shape index (κ2) is 7.56. The number of rotatable bonds is 8. The third kappa shape index (κ3) is 5.69. The molecule has 0 aliphatic rings. The molecule has 3 heteroatoms. The molecule has 0 N–H and O–H groups in total. The minimum absolute atomic E-state index is 0.0353. The van der Waals surface area contributed by atoms with Gasteiger partial charge in [-0.3, -0.25) is 4.79 Å². The van der Waals surface area contributed by atoms with E-state index in [-0.39, 0.29) is 17.4 Å². The van der Waals surface area contributed by atoms with Gasteiger partial charge in [0.15, 0.2) is 8.32 Å². The Kier molecular flexibility index (Phi) is 6.57. The van der Waals surface area contributed by atoms with Gasteiger partial charge in [-0.2, -0.15) is 0 Å². The van der Waals surface area contributed by atoms with Crippen LogP contribution in [0.15, 0.2) is 30.3 Å². The van der Waals surface area contributed by atoms with Crippen molar-refractivity contribution < 1.29 is 9.22 Å². The third-order valence-corrected chi connectivity index (χ3v) is 5.02. The topological polar surface area (TPSA) is 26.3 Å². The molecular weight excluding hydrogens is 288 g/mol. The van der Waals surface area contributed by atoms with Gasteiger partial charge in [0.25, 0.3) is 0 Å². The average Bonchev–Trinajstić information content (AvgIpc) is 2.42. The Balaban J connectivity index is 3.04. The Labute approximate surface area is 137 Å². The van der Waals surface area contributed by atoms with Crippen molar-refractivity contribution in [1.82, 2.24) is 0 Å². The van der Waals surface area contributed by atoms with Crippen molar-refractivity contribution in [2.75, 3.05) is 0 Å². The Bertz CT molecular complexity index is 474. The van der Waals surface area contributed by atoms with E-state index >= 15 is 0 Å². The summed E-state index contributed by atoms with van der Waals surface area (Å²) in [6.07, 6.45) is 1.46. The van der Waals surface area contributed by atoms with Crippen LogP contribution in [0.3, 0.4) is 0 Å². The molecule has 0 saturated carbocycles. The van der Waals surface area contributed by atoms with E-state index < -0.39 is 8.32 Å². The van der Waals surface area contributed by atoms with E-state index in [1.165, 1.54) is 5.56 Å². The van der Waals surface area contributed by atoms with Crippen LogP contribution in [0, 0.1) is 11.3 Å². The summed E-state index contributed by atoms with van der Waals surface area (Å²) in [6, 6.07) is 10.5. The summed E-state index contributed by atoms with van der Waals surface area (Å²) in [5, 5.41) is 0. The fourth-order valence-corrected chi connectivity index (χ4v) is 4.32. The highest BCUT2D eigenvalue weighted by molar-refractivity contribution is 6.69. The molecule has 0 fully saturated rings. The molecule has 22 heavy (non-hydrogen) atoms. The summed E-state index contributed by atoms with van der Waals surface area (Å²) in [4.78, 5) is 12.3. The number of carbonyl (C=O) groups excluding carboxylic acids is 1. The summed E-state index contributed by atoms with van der Waals surface area (Å²) >= 11 is 0. The van der Waals surface area contributed by atoms with Crippen molar-refractivity contribution in [2.45, 2.75) is 66.3 Å². The Morgan fingerprint density at radius 1 is 1.18 bits per heavy atom. The molecule has 0 bridgehead atoms. The van der Waals surface area contributed by atoms with Crippen molar-refractivity contribution >= 4 is 14.1 Å². The van der Waals surface area contributed by atoms with E-state index in [0.29, 0.717) is 12.2 Å². The number of hydrogen-bond donors (Lipinski definition) is 0. The van der Waals surface area contributed by atoms with Crippen LogP contribution in [-0.4, -0.2) is 20.2 Å². The van der Waals surface area contributed by atoms with Gasteiger partial charge >= 0.3 is 0 Å². The van der Waals surface area contributed by atoms with Crippen LogP contribution in [0.4, 0.5) is 0 Å². The molecule has 0 aliphatic carbocycles. The Morgan fingerprint density at radius 3 is 2.18 bits per heavy atom. The van der Waals surface area contributed by atoms with Crippen molar-refractivity contribution in [2.24, 2.45) is 11.3 Å². The number of ketones is 1. The zero-order valence-corrected chi connectivity index (χ0v) is 16.3. The number of hydrogen-bond acceptors (Lipinski definition) is 2. The highest BCUT2D eigenvalue weighted by Gasteiger charge is 2.39. The van der Waals surface area contributed by atoms with Gasteiger partial charge in [0.2, 0.25) is 0 Å². The Morgan fingerprint density at radius 2 is 1.73 bits per heavy atom. The SMILES string of the molecule is CCC(=O)[C@H](C)[C@H](O[Si](C)(C)C)C(C)(C)Cc1ccccc1. The minimum Gasteiger partial charge on any atom is -0.413 e. The maximum absolute atomic E-state index is 12.3. The van der Waals surface area contributed by atoms with Crippen LogP contribution in [0.1, 0.15) is 39.7 Å². The van der Waals surface area contributed by atoms with E-state index in [1.54, 1.807) is 0 Å². The molecule has 0 amide bonds. The van der Waals surface area contributed by atoms with Gasteiger partial charge in [-0.1, -0.05) is 58.0 Å². The standard InChI is InChI=1S/C19H32O2Si/c1-8-17(20)15(2)18(21-22(5,6)7)19(3,4)14-16-12-10-9-11-13-16/h9-13,15,18H,8,14H2,1-7H3/t15-,18-/m0/s1. The van der Waals surface area contributed by atoms with E-state index in [9.17, 15) is 4.79 Å². The molecule has 124 valence electrons. The summed E-state index contributed by atoms with van der Waals surface area (Å²) in [7, 11) is -1.72. The second-order valence-corrected chi connectivity index (χ2v) is 12.4. The summed E-state index contributed by atoms with van der Waals surface area (Å²) in [5.74, 6) is 0.236. The largest absolute Gasteiger partial charge is 0.413 e. The lowest BCUT2D eigenvalue weighted by Crippen LogP contribution is -2.47. The lowest BCUT2D eigenvalue weighted by Gasteiger charge is -2.41. The van der Waals surface area contributed by atoms with Crippen LogP contribution in [-0.2, 0) is 15.6 Å². The lowest BCUT2D eigenvalue weighted by molar-refractivity contribution is -0.127. The van der Waals surface area contributed by atoms with Crippen molar-refractivity contribution in [3.05, 3.63) is 35.9 Å². The first-order chi connectivity index (χ1) is 10.1. The average molecular weight is 321 g/mol. The number of benzene rings is 1. The second-order valence-electron chi connectivity index (χ2n) is 7.91. The van der Waals surface area contributed by atoms with Crippen LogP contribution >= 0.6 is 0 Å². The summed E-state index contributed by atoms with van der Waals surface area (Å²) in [5.41, 5.74) is 1.22. The maximum Gasteiger partial charge on any atom is 0.184 e. The van der Waals surface area contributed by atoms with Gasteiger partial charge in [0, 0.05) is 12.3 Å². The van der Waals surface area contributed by atoms with Crippen LogP contribution in [0.2, 0.25) is 19.6 Å². The predicted molar refractivity (Wildman–Crippen MR) is 96.6 cm³/mol. The monoisotopic (exact) mass is 320 g/mol. The molecule has 1 aromatic carbocycles. The first kappa shape index (κ1) is 19.1. The first-order valence-corrected chi connectivity index (χ1v) is 11.7. The predicted octanol–water partition coefficient (Wildman–Crippen LogP) is 5.09. The van der Waals surface area contributed by atoms with Gasteiger partial charge in [0.05, 0.1) is 6.10 Å². The fourth-order valence-electron chi connectivity index (χ4n) is 3.03. The molecule has 0 aromatic heterocycles. The first-order valence-electron chi connectivity index (χ1n) is 8.31. The number of carbonyl (C=O) groups is 1. The molecule has 0 heterocycles. The van der Waals surface area contributed by atoms with Gasteiger partial charge in [0.1, 0.15) is 5.78 Å². The van der Waals surface area contributed by atoms with Crippen molar-refractivity contribution in [3.8, 4) is 0 Å². The van der Waals surface area contributed by atoms with Crippen molar-refractivity contribution in [1.29, 1.82) is 0 Å². The van der Waals surface area contributed by atoms with Gasteiger partial charge in [-0.25, -0.2) is 0 Å². The van der Waals surface area contributed by atoms with E-state index in [1.807, 2.05) is 19.9 Å². The smallest absolute Gasteiger partial charge is 0.184 e. The lowest BCUT2D eigenvalue weighted by atomic mass is 9.74. The van der Waals surface area contributed by atoms with Crippen molar-refractivity contribution in [3.63, 3.8) is 0 Å². The highest BCUT2D eigenvalue weighted by Crippen LogP contribution is 2.35. The van der Waals surface area contributed by atoms with Gasteiger partial charge in [-0.05, 0) is 37.0 Å². The molecule has 2 atom stereocenters. The molecule has 0 radical (unpaired) electrons. The van der Waals surface area contributed by atoms with Gasteiger partial charge < -0.3 is 4.43 Å². The van der Waals surface area contributed by atoms with Crippen LogP contribution in [0.5, 0.6) is 0 Å². The molecule has 0 spiro atoms. The highest BCUT2D eigenvalue weighted by atomic mass is 28.4. The Hall–Kier alpha value is -0.933. The molecule has 1 aromatic rings. The molecule has 2 nitrogen and oxygen atoms in total. The van der Waals surface area contributed by atoms with Crippen LogP contribution < -0.4 is 0 Å². The zero-order valence-electron chi connectivity index (χ0n) is 15.3. The van der Waals surface area contributed by atoms with E-state index in [4.69, 9.17) is 4.43 Å². The zero-order chi connectivity index (χ0) is 17.0. The fraction of sp³-hybridized carbons (Fsp3) is 0.632. The molecule has 0 saturated heterocycles. The molecular formula is C19H32O2Si. The number of Topliss-reactive ketones (excluding diaryl/α,β-unsaturated/α-hetero) is 1. The summed E-state index contributed by atoms with van der Waals surface area (Å²) in [6.45, 7) is 15.0. The maximum atomic E-state index is 12.3. The van der Waals surface area contributed by atoms with Crippen LogP contribution in [0.25, 0.3) is 0 Å².